The fourth-order valence-corrected chi connectivity index (χ4v) is 2.46. The van der Waals surface area contributed by atoms with Gasteiger partial charge in [-0.3, -0.25) is 10.1 Å². The lowest BCUT2D eigenvalue weighted by molar-refractivity contribution is -0.386. The van der Waals surface area contributed by atoms with E-state index >= 15 is 0 Å². The standard InChI is InChI=1S/C13H17FN2O3/c1-15-10-4-2-3-5-12(10)19-13-7-6-9(14)8-11(13)16(17)18/h6-8,10,12,15H,2-5H2,1H3. The molecule has 1 fully saturated rings. The number of hydrogen-bond acceptors (Lipinski definition) is 4. The highest BCUT2D eigenvalue weighted by molar-refractivity contribution is 5.46. The Balaban J connectivity index is 2.20. The van der Waals surface area contributed by atoms with Gasteiger partial charge in [0, 0.05) is 6.04 Å². The van der Waals surface area contributed by atoms with E-state index in [4.69, 9.17) is 4.74 Å². The molecule has 1 N–H and O–H groups in total. The predicted octanol–water partition coefficient (Wildman–Crippen LogP) is 2.64. The van der Waals surface area contributed by atoms with Crippen molar-refractivity contribution in [2.24, 2.45) is 0 Å². The maximum Gasteiger partial charge on any atom is 0.313 e. The van der Waals surface area contributed by atoms with E-state index in [0.717, 1.165) is 31.7 Å². The first-order valence-electron chi connectivity index (χ1n) is 6.39. The number of hydrogen-bond donors (Lipinski definition) is 1. The zero-order chi connectivity index (χ0) is 13.8. The Morgan fingerprint density at radius 2 is 2.16 bits per heavy atom. The summed E-state index contributed by atoms with van der Waals surface area (Å²) in [5, 5.41) is 14.1. The van der Waals surface area contributed by atoms with Crippen LogP contribution in [0.1, 0.15) is 25.7 Å². The van der Waals surface area contributed by atoms with Crippen molar-refractivity contribution in [2.75, 3.05) is 7.05 Å². The third-order valence-corrected chi connectivity index (χ3v) is 3.47. The van der Waals surface area contributed by atoms with E-state index in [-0.39, 0.29) is 23.6 Å². The zero-order valence-corrected chi connectivity index (χ0v) is 10.8. The molecule has 2 atom stereocenters. The molecule has 0 heterocycles. The maximum atomic E-state index is 13.1. The van der Waals surface area contributed by atoms with Gasteiger partial charge in [0.25, 0.3) is 0 Å². The Hall–Kier alpha value is -1.69. The molecule has 0 aromatic heterocycles. The molecule has 0 saturated heterocycles. The second-order valence-corrected chi connectivity index (χ2v) is 4.71. The Morgan fingerprint density at radius 3 is 2.84 bits per heavy atom. The molecule has 0 spiro atoms. The topological polar surface area (TPSA) is 64.4 Å². The van der Waals surface area contributed by atoms with E-state index in [1.165, 1.54) is 12.1 Å². The molecule has 1 aliphatic rings. The number of rotatable bonds is 4. The van der Waals surface area contributed by atoms with Crippen LogP contribution in [0, 0.1) is 15.9 Å². The van der Waals surface area contributed by atoms with Gasteiger partial charge in [-0.15, -0.1) is 0 Å². The third kappa shape index (κ3) is 3.20. The first kappa shape index (κ1) is 13.7. The van der Waals surface area contributed by atoms with Gasteiger partial charge in [0.05, 0.1) is 11.0 Å². The van der Waals surface area contributed by atoms with Crippen LogP contribution >= 0.6 is 0 Å². The highest BCUT2D eigenvalue weighted by Gasteiger charge is 2.28. The highest BCUT2D eigenvalue weighted by Crippen LogP contribution is 2.31. The summed E-state index contributed by atoms with van der Waals surface area (Å²) in [6.45, 7) is 0. The van der Waals surface area contributed by atoms with Crippen LogP contribution in [-0.2, 0) is 0 Å². The summed E-state index contributed by atoms with van der Waals surface area (Å²) in [4.78, 5) is 10.3. The summed E-state index contributed by atoms with van der Waals surface area (Å²) in [5.74, 6) is -0.494. The van der Waals surface area contributed by atoms with Crippen LogP contribution in [0.15, 0.2) is 18.2 Å². The molecular weight excluding hydrogens is 251 g/mol. The van der Waals surface area contributed by atoms with Gasteiger partial charge in [0.2, 0.25) is 0 Å². The summed E-state index contributed by atoms with van der Waals surface area (Å²) < 4.78 is 18.8. The Labute approximate surface area is 110 Å². The average molecular weight is 268 g/mol. The third-order valence-electron chi connectivity index (χ3n) is 3.47. The number of nitro benzene ring substituents is 1. The van der Waals surface area contributed by atoms with E-state index in [0.29, 0.717) is 0 Å². The first-order valence-corrected chi connectivity index (χ1v) is 6.39. The molecule has 6 heteroatoms. The molecular formula is C13H17FN2O3. The van der Waals surface area contributed by atoms with Gasteiger partial charge in [-0.25, -0.2) is 4.39 Å². The quantitative estimate of drug-likeness (QED) is 0.673. The van der Waals surface area contributed by atoms with Crippen molar-refractivity contribution < 1.29 is 14.1 Å². The molecule has 0 aliphatic heterocycles. The smallest absolute Gasteiger partial charge is 0.313 e. The van der Waals surface area contributed by atoms with Crippen molar-refractivity contribution in [3.63, 3.8) is 0 Å². The van der Waals surface area contributed by atoms with Gasteiger partial charge < -0.3 is 10.1 Å². The average Bonchev–Trinajstić information content (AvgIpc) is 2.41. The number of likely N-dealkylation sites (N-methyl/N-ethyl adjacent to an activating group) is 1. The molecule has 1 aromatic rings. The Kier molecular flexibility index (Phi) is 4.31. The molecule has 0 bridgehead atoms. The maximum absolute atomic E-state index is 13.1. The molecule has 19 heavy (non-hydrogen) atoms. The molecule has 5 nitrogen and oxygen atoms in total. The molecule has 1 saturated carbocycles. The van der Waals surface area contributed by atoms with Crippen LogP contribution in [0.5, 0.6) is 5.75 Å². The van der Waals surface area contributed by atoms with Crippen molar-refractivity contribution >= 4 is 5.69 Å². The van der Waals surface area contributed by atoms with Gasteiger partial charge in [0.15, 0.2) is 5.75 Å². The van der Waals surface area contributed by atoms with Crippen molar-refractivity contribution in [2.45, 2.75) is 37.8 Å². The van der Waals surface area contributed by atoms with Crippen LogP contribution in [0.2, 0.25) is 0 Å². The summed E-state index contributed by atoms with van der Waals surface area (Å²) in [5.41, 5.74) is -0.319. The lowest BCUT2D eigenvalue weighted by Crippen LogP contribution is -2.43. The lowest BCUT2D eigenvalue weighted by atomic mass is 9.92. The molecule has 1 aliphatic carbocycles. The van der Waals surface area contributed by atoms with Crippen LogP contribution in [0.3, 0.4) is 0 Å². The summed E-state index contributed by atoms with van der Waals surface area (Å²) in [6.07, 6.45) is 3.88. The van der Waals surface area contributed by atoms with Crippen molar-refractivity contribution in [3.8, 4) is 5.75 Å². The second-order valence-electron chi connectivity index (χ2n) is 4.71. The highest BCUT2D eigenvalue weighted by atomic mass is 19.1. The zero-order valence-electron chi connectivity index (χ0n) is 10.8. The van der Waals surface area contributed by atoms with Crippen molar-refractivity contribution in [3.05, 3.63) is 34.1 Å². The summed E-state index contributed by atoms with van der Waals surface area (Å²) in [6, 6.07) is 3.58. The Morgan fingerprint density at radius 1 is 1.42 bits per heavy atom. The minimum atomic E-state index is -0.632. The molecule has 2 unspecified atom stereocenters. The normalized spacial score (nSPS) is 23.1. The van der Waals surface area contributed by atoms with Crippen LogP contribution in [-0.4, -0.2) is 24.1 Å². The number of nitro groups is 1. The predicted molar refractivity (Wildman–Crippen MR) is 68.8 cm³/mol. The fourth-order valence-electron chi connectivity index (χ4n) is 2.46. The van der Waals surface area contributed by atoms with Gasteiger partial charge in [-0.05, 0) is 38.4 Å². The fraction of sp³-hybridized carbons (Fsp3) is 0.538. The number of nitrogens with zero attached hydrogens (tertiary/aromatic N) is 1. The minimum Gasteiger partial charge on any atom is -0.482 e. The van der Waals surface area contributed by atoms with Gasteiger partial charge in [-0.2, -0.15) is 0 Å². The van der Waals surface area contributed by atoms with E-state index in [1.807, 2.05) is 7.05 Å². The van der Waals surface area contributed by atoms with E-state index in [1.54, 1.807) is 0 Å². The number of benzene rings is 1. The van der Waals surface area contributed by atoms with E-state index in [2.05, 4.69) is 5.32 Å². The lowest BCUT2D eigenvalue weighted by Gasteiger charge is -2.31. The van der Waals surface area contributed by atoms with E-state index < -0.39 is 10.7 Å². The largest absolute Gasteiger partial charge is 0.482 e. The van der Waals surface area contributed by atoms with Gasteiger partial charge in [-0.1, -0.05) is 6.42 Å². The van der Waals surface area contributed by atoms with Crippen LogP contribution in [0.4, 0.5) is 10.1 Å². The summed E-state index contributed by atoms with van der Waals surface area (Å²) >= 11 is 0. The minimum absolute atomic E-state index is 0.108. The second kappa shape index (κ2) is 5.97. The van der Waals surface area contributed by atoms with Gasteiger partial charge in [0.1, 0.15) is 11.9 Å². The number of nitrogens with one attached hydrogen (secondary N) is 1. The molecule has 0 amide bonds. The molecule has 2 rings (SSSR count). The molecule has 0 radical (unpaired) electrons. The SMILES string of the molecule is CNC1CCCCC1Oc1ccc(F)cc1[N+](=O)[O-]. The molecule has 104 valence electrons. The first-order chi connectivity index (χ1) is 9.11. The van der Waals surface area contributed by atoms with E-state index in [9.17, 15) is 14.5 Å². The van der Waals surface area contributed by atoms with Crippen LogP contribution in [0.25, 0.3) is 0 Å². The van der Waals surface area contributed by atoms with Crippen molar-refractivity contribution in [1.82, 2.24) is 5.32 Å². The van der Waals surface area contributed by atoms with Crippen LogP contribution < -0.4 is 10.1 Å². The van der Waals surface area contributed by atoms with Crippen molar-refractivity contribution in [1.29, 1.82) is 0 Å². The number of halogens is 1. The monoisotopic (exact) mass is 268 g/mol. The van der Waals surface area contributed by atoms with Gasteiger partial charge >= 0.3 is 5.69 Å². The summed E-state index contributed by atoms with van der Waals surface area (Å²) in [7, 11) is 1.85. The molecule has 1 aromatic carbocycles. The Bertz CT molecular complexity index is 467. The number of ether oxygens (including phenoxy) is 1.